The molecule has 1 fully saturated rings. The SMILES string of the molecule is CCCOc1ncnc(N2CCSC(CC)C2)c1N. The smallest absolute Gasteiger partial charge is 0.242 e. The summed E-state index contributed by atoms with van der Waals surface area (Å²) in [6.45, 7) is 6.89. The van der Waals surface area contributed by atoms with E-state index in [0.29, 0.717) is 23.4 Å². The molecule has 0 amide bonds. The van der Waals surface area contributed by atoms with Gasteiger partial charge in [-0.15, -0.1) is 0 Å². The van der Waals surface area contributed by atoms with Gasteiger partial charge < -0.3 is 15.4 Å². The summed E-state index contributed by atoms with van der Waals surface area (Å²) < 4.78 is 5.56. The van der Waals surface area contributed by atoms with Gasteiger partial charge in [-0.2, -0.15) is 16.7 Å². The number of rotatable bonds is 5. The molecule has 1 saturated heterocycles. The molecule has 0 spiro atoms. The topological polar surface area (TPSA) is 64.3 Å². The van der Waals surface area contributed by atoms with Crippen LogP contribution in [0.5, 0.6) is 5.88 Å². The summed E-state index contributed by atoms with van der Waals surface area (Å²) in [5, 5.41) is 0.656. The normalized spacial score (nSPS) is 19.5. The molecule has 0 radical (unpaired) electrons. The van der Waals surface area contributed by atoms with Gasteiger partial charge in [0.05, 0.1) is 6.61 Å². The highest BCUT2D eigenvalue weighted by atomic mass is 32.2. The van der Waals surface area contributed by atoms with E-state index < -0.39 is 0 Å². The van der Waals surface area contributed by atoms with Gasteiger partial charge in [0, 0.05) is 24.1 Å². The average Bonchev–Trinajstić information content (AvgIpc) is 2.46. The van der Waals surface area contributed by atoms with Gasteiger partial charge in [0.1, 0.15) is 12.0 Å². The number of hydrogen-bond acceptors (Lipinski definition) is 6. The van der Waals surface area contributed by atoms with Crippen molar-refractivity contribution in [1.29, 1.82) is 0 Å². The van der Waals surface area contributed by atoms with Gasteiger partial charge in [0.25, 0.3) is 0 Å². The lowest BCUT2D eigenvalue weighted by Gasteiger charge is -2.33. The summed E-state index contributed by atoms with van der Waals surface area (Å²) in [6.07, 6.45) is 3.65. The van der Waals surface area contributed by atoms with Crippen LogP contribution in [0.1, 0.15) is 26.7 Å². The number of aromatic nitrogens is 2. The van der Waals surface area contributed by atoms with E-state index in [1.54, 1.807) is 6.33 Å². The van der Waals surface area contributed by atoms with Gasteiger partial charge in [-0.3, -0.25) is 0 Å². The Labute approximate surface area is 118 Å². The Balaban J connectivity index is 2.14. The number of nitrogens with two attached hydrogens (primary N) is 1. The van der Waals surface area contributed by atoms with Crippen LogP contribution in [0.4, 0.5) is 11.5 Å². The van der Waals surface area contributed by atoms with E-state index in [0.717, 1.165) is 31.1 Å². The third-order valence-corrected chi connectivity index (χ3v) is 4.53. The predicted molar refractivity (Wildman–Crippen MR) is 81.0 cm³/mol. The number of thioether (sulfide) groups is 1. The first-order valence-corrected chi connectivity index (χ1v) is 7.90. The molecule has 2 rings (SSSR count). The summed E-state index contributed by atoms with van der Waals surface area (Å²) in [4.78, 5) is 10.7. The monoisotopic (exact) mass is 282 g/mol. The van der Waals surface area contributed by atoms with Crippen LogP contribution in [-0.2, 0) is 0 Å². The lowest BCUT2D eigenvalue weighted by atomic mass is 10.3. The summed E-state index contributed by atoms with van der Waals surface area (Å²) in [7, 11) is 0. The molecule has 1 unspecified atom stereocenters. The number of nitrogens with zero attached hydrogens (tertiary/aromatic N) is 3. The van der Waals surface area contributed by atoms with Crippen molar-refractivity contribution >= 4 is 23.3 Å². The Bertz CT molecular complexity index is 416. The minimum atomic E-state index is 0.512. The number of hydrogen-bond donors (Lipinski definition) is 1. The van der Waals surface area contributed by atoms with Crippen LogP contribution in [0.25, 0.3) is 0 Å². The molecule has 1 aromatic rings. The quantitative estimate of drug-likeness (QED) is 0.893. The van der Waals surface area contributed by atoms with Gasteiger partial charge in [-0.1, -0.05) is 13.8 Å². The Morgan fingerprint density at radius 3 is 3.05 bits per heavy atom. The third kappa shape index (κ3) is 3.43. The van der Waals surface area contributed by atoms with Crippen molar-refractivity contribution in [3.63, 3.8) is 0 Å². The second kappa shape index (κ2) is 6.84. The minimum Gasteiger partial charge on any atom is -0.476 e. The molecule has 5 nitrogen and oxygen atoms in total. The summed E-state index contributed by atoms with van der Waals surface area (Å²) in [6, 6.07) is 0. The average molecular weight is 282 g/mol. The van der Waals surface area contributed by atoms with Crippen molar-refractivity contribution in [3.8, 4) is 5.88 Å². The van der Waals surface area contributed by atoms with Crippen molar-refractivity contribution in [3.05, 3.63) is 6.33 Å². The molecule has 19 heavy (non-hydrogen) atoms. The lowest BCUT2D eigenvalue weighted by Crippen LogP contribution is -2.38. The van der Waals surface area contributed by atoms with E-state index in [9.17, 15) is 0 Å². The van der Waals surface area contributed by atoms with Crippen LogP contribution >= 0.6 is 11.8 Å². The van der Waals surface area contributed by atoms with E-state index in [-0.39, 0.29) is 0 Å². The van der Waals surface area contributed by atoms with Gasteiger partial charge in [-0.25, -0.2) is 4.98 Å². The summed E-state index contributed by atoms with van der Waals surface area (Å²) in [5.41, 5.74) is 6.71. The fourth-order valence-electron chi connectivity index (χ4n) is 2.10. The van der Waals surface area contributed by atoms with E-state index in [1.165, 1.54) is 6.42 Å². The second-order valence-corrected chi connectivity index (χ2v) is 6.02. The van der Waals surface area contributed by atoms with E-state index in [4.69, 9.17) is 10.5 Å². The first-order chi connectivity index (χ1) is 9.26. The van der Waals surface area contributed by atoms with E-state index >= 15 is 0 Å². The Morgan fingerprint density at radius 2 is 2.32 bits per heavy atom. The summed E-state index contributed by atoms with van der Waals surface area (Å²) in [5.74, 6) is 2.45. The lowest BCUT2D eigenvalue weighted by molar-refractivity contribution is 0.306. The number of nitrogen functional groups attached to an aromatic ring is 1. The maximum absolute atomic E-state index is 6.14. The van der Waals surface area contributed by atoms with Gasteiger partial charge in [-0.05, 0) is 12.8 Å². The predicted octanol–water partition coefficient (Wildman–Crippen LogP) is 2.18. The molecule has 0 saturated carbocycles. The highest BCUT2D eigenvalue weighted by molar-refractivity contribution is 8.00. The number of anilines is 2. The van der Waals surface area contributed by atoms with E-state index in [2.05, 4.69) is 28.7 Å². The zero-order chi connectivity index (χ0) is 13.7. The molecule has 0 bridgehead atoms. The van der Waals surface area contributed by atoms with Crippen molar-refractivity contribution < 1.29 is 4.74 Å². The Hall–Kier alpha value is -1.17. The second-order valence-electron chi connectivity index (χ2n) is 4.61. The molecular weight excluding hydrogens is 260 g/mol. The molecule has 106 valence electrons. The van der Waals surface area contributed by atoms with Crippen molar-refractivity contribution in [2.45, 2.75) is 31.9 Å². The minimum absolute atomic E-state index is 0.512. The van der Waals surface area contributed by atoms with Crippen LogP contribution < -0.4 is 15.4 Å². The Morgan fingerprint density at radius 1 is 1.47 bits per heavy atom. The molecule has 1 atom stereocenters. The van der Waals surface area contributed by atoms with Gasteiger partial charge in [0.2, 0.25) is 5.88 Å². The fourth-order valence-corrected chi connectivity index (χ4v) is 3.28. The van der Waals surface area contributed by atoms with Crippen LogP contribution in [0.3, 0.4) is 0 Å². The molecule has 0 aromatic carbocycles. The van der Waals surface area contributed by atoms with Gasteiger partial charge in [0.15, 0.2) is 5.82 Å². The molecule has 2 heterocycles. The first-order valence-electron chi connectivity index (χ1n) is 6.86. The fraction of sp³-hybridized carbons (Fsp3) is 0.692. The number of ether oxygens (including phenoxy) is 1. The maximum atomic E-state index is 6.14. The van der Waals surface area contributed by atoms with E-state index in [1.807, 2.05) is 11.8 Å². The van der Waals surface area contributed by atoms with Crippen molar-refractivity contribution in [2.24, 2.45) is 0 Å². The molecule has 1 aliphatic heterocycles. The molecule has 1 aliphatic rings. The standard InChI is InChI=1S/C13H22N4OS/c1-3-6-18-13-11(14)12(15-9-16-13)17-5-7-19-10(4-2)8-17/h9-10H,3-8,14H2,1-2H3. The van der Waals surface area contributed by atoms with Crippen LogP contribution in [0, 0.1) is 0 Å². The van der Waals surface area contributed by atoms with Gasteiger partial charge >= 0.3 is 0 Å². The Kier molecular flexibility index (Phi) is 5.13. The molecule has 1 aromatic heterocycles. The molecule has 0 aliphatic carbocycles. The van der Waals surface area contributed by atoms with Crippen LogP contribution in [0.2, 0.25) is 0 Å². The maximum Gasteiger partial charge on any atom is 0.242 e. The molecule has 2 N–H and O–H groups in total. The molecule has 6 heteroatoms. The first kappa shape index (κ1) is 14.2. The van der Waals surface area contributed by atoms with Crippen molar-refractivity contribution in [1.82, 2.24) is 9.97 Å². The largest absolute Gasteiger partial charge is 0.476 e. The van der Waals surface area contributed by atoms with Crippen molar-refractivity contribution in [2.75, 3.05) is 36.1 Å². The zero-order valence-electron chi connectivity index (χ0n) is 11.6. The highest BCUT2D eigenvalue weighted by Crippen LogP contribution is 2.31. The highest BCUT2D eigenvalue weighted by Gasteiger charge is 2.23. The molecular formula is C13H22N4OS. The third-order valence-electron chi connectivity index (χ3n) is 3.16. The van der Waals surface area contributed by atoms with Crippen LogP contribution in [-0.4, -0.2) is 40.7 Å². The zero-order valence-corrected chi connectivity index (χ0v) is 12.4. The summed E-state index contributed by atoms with van der Waals surface area (Å²) >= 11 is 2.03. The van der Waals surface area contributed by atoms with Crippen LogP contribution in [0.15, 0.2) is 6.33 Å².